The number of nitrogens with zero attached hydrogens (tertiary/aromatic N) is 1. The Morgan fingerprint density at radius 3 is 1.65 bits per heavy atom. The van der Waals surface area contributed by atoms with Crippen molar-refractivity contribution in [2.45, 2.75) is 93.2 Å². The number of amides is 1. The van der Waals surface area contributed by atoms with E-state index in [4.69, 9.17) is 0 Å². The molecule has 138 valence electrons. The van der Waals surface area contributed by atoms with Gasteiger partial charge in [0.1, 0.15) is 0 Å². The molecule has 1 N–H and O–H groups in total. The summed E-state index contributed by atoms with van der Waals surface area (Å²) < 4.78 is 0. The van der Waals surface area contributed by atoms with Crippen molar-refractivity contribution in [3.05, 3.63) is 0 Å². The van der Waals surface area contributed by atoms with Gasteiger partial charge in [0.2, 0.25) is 5.91 Å². The maximum Gasteiger partial charge on any atom is 0.224 e. The summed E-state index contributed by atoms with van der Waals surface area (Å²) in [5, 5.41) is 3.33. The molecule has 0 spiro atoms. The Bertz CT molecular complexity index is 395. The van der Waals surface area contributed by atoms with E-state index < -0.39 is 0 Å². The number of carbonyl (C=O) groups excluding carboxylic acids is 1. The van der Waals surface area contributed by atoms with Crippen LogP contribution in [0.5, 0.6) is 0 Å². The van der Waals surface area contributed by atoms with E-state index in [1.165, 1.54) is 0 Å². The van der Waals surface area contributed by atoms with Crippen LogP contribution >= 0.6 is 0 Å². The Labute approximate surface area is 145 Å². The molecule has 0 radical (unpaired) electrons. The van der Waals surface area contributed by atoms with Crippen LogP contribution in [0.2, 0.25) is 0 Å². The van der Waals surface area contributed by atoms with Crippen molar-refractivity contribution in [1.82, 2.24) is 10.2 Å². The van der Waals surface area contributed by atoms with Crippen molar-refractivity contribution < 1.29 is 4.79 Å². The lowest BCUT2D eigenvalue weighted by atomic mass is 9.71. The lowest BCUT2D eigenvalue weighted by Crippen LogP contribution is -2.54. The van der Waals surface area contributed by atoms with Crippen molar-refractivity contribution in [3.63, 3.8) is 0 Å². The second-order valence-electron chi connectivity index (χ2n) is 10.9. The SMILES string of the molecule is CN(C)C(C)(C)CC(C)(C)NC(=O)C(CC(C)(C)C)C(C)(C)C. The smallest absolute Gasteiger partial charge is 0.224 e. The van der Waals surface area contributed by atoms with E-state index >= 15 is 0 Å². The first kappa shape index (κ1) is 22.4. The van der Waals surface area contributed by atoms with Crippen molar-refractivity contribution >= 4 is 5.91 Å². The highest BCUT2D eigenvalue weighted by Gasteiger charge is 2.38. The minimum atomic E-state index is -0.230. The zero-order chi connectivity index (χ0) is 18.9. The van der Waals surface area contributed by atoms with Gasteiger partial charge in [0, 0.05) is 17.0 Å². The molecule has 23 heavy (non-hydrogen) atoms. The zero-order valence-corrected chi connectivity index (χ0v) is 17.8. The highest BCUT2D eigenvalue weighted by molar-refractivity contribution is 5.80. The van der Waals surface area contributed by atoms with Crippen LogP contribution in [0.3, 0.4) is 0 Å². The lowest BCUT2D eigenvalue weighted by molar-refractivity contribution is -0.131. The summed E-state index contributed by atoms with van der Waals surface area (Å²) in [5.41, 5.74) is -0.0862. The second-order valence-corrected chi connectivity index (χ2v) is 10.9. The predicted octanol–water partition coefficient (Wildman–Crippen LogP) is 4.71. The Hall–Kier alpha value is -0.570. The van der Waals surface area contributed by atoms with E-state index in [0.717, 1.165) is 12.8 Å². The molecule has 0 aliphatic carbocycles. The maximum absolute atomic E-state index is 13.0. The van der Waals surface area contributed by atoms with Gasteiger partial charge < -0.3 is 10.2 Å². The molecular weight excluding hydrogens is 284 g/mol. The lowest BCUT2D eigenvalue weighted by Gasteiger charge is -2.42. The molecule has 0 aromatic rings. The first-order chi connectivity index (χ1) is 9.87. The first-order valence-electron chi connectivity index (χ1n) is 8.87. The third-order valence-electron chi connectivity index (χ3n) is 4.73. The number of hydrogen-bond acceptors (Lipinski definition) is 2. The largest absolute Gasteiger partial charge is 0.351 e. The van der Waals surface area contributed by atoms with Gasteiger partial charge >= 0.3 is 0 Å². The molecule has 0 aliphatic heterocycles. The number of hydrogen-bond donors (Lipinski definition) is 1. The molecule has 3 heteroatoms. The van der Waals surface area contributed by atoms with Crippen molar-refractivity contribution in [3.8, 4) is 0 Å². The van der Waals surface area contributed by atoms with Crippen molar-refractivity contribution in [2.24, 2.45) is 16.7 Å². The molecule has 3 nitrogen and oxygen atoms in total. The fraction of sp³-hybridized carbons (Fsp3) is 0.950. The van der Waals surface area contributed by atoms with E-state index in [9.17, 15) is 4.79 Å². The Balaban J connectivity index is 5.18. The van der Waals surface area contributed by atoms with Crippen LogP contribution in [0.25, 0.3) is 0 Å². The third-order valence-corrected chi connectivity index (χ3v) is 4.73. The average molecular weight is 327 g/mol. The van der Waals surface area contributed by atoms with Gasteiger partial charge in [-0.1, -0.05) is 41.5 Å². The Morgan fingerprint density at radius 1 is 0.913 bits per heavy atom. The van der Waals surface area contributed by atoms with Crippen LogP contribution < -0.4 is 5.32 Å². The maximum atomic E-state index is 13.0. The van der Waals surface area contributed by atoms with Crippen LogP contribution in [0.1, 0.15) is 82.1 Å². The fourth-order valence-electron chi connectivity index (χ4n) is 3.11. The normalized spacial score (nSPS) is 15.7. The molecule has 0 saturated carbocycles. The van der Waals surface area contributed by atoms with Gasteiger partial charge in [-0.15, -0.1) is 0 Å². The average Bonchev–Trinajstić information content (AvgIpc) is 2.20. The van der Waals surface area contributed by atoms with E-state index in [1.807, 2.05) is 0 Å². The molecule has 0 aromatic heterocycles. The third kappa shape index (κ3) is 8.19. The predicted molar refractivity (Wildman–Crippen MR) is 102 cm³/mol. The summed E-state index contributed by atoms with van der Waals surface area (Å²) in [6.07, 6.45) is 1.81. The quantitative estimate of drug-likeness (QED) is 0.766. The minimum Gasteiger partial charge on any atom is -0.351 e. The summed E-state index contributed by atoms with van der Waals surface area (Å²) in [6.45, 7) is 21.8. The molecule has 1 atom stereocenters. The van der Waals surface area contributed by atoms with Crippen molar-refractivity contribution in [1.29, 1.82) is 0 Å². The molecule has 0 aliphatic rings. The molecule has 0 bridgehead atoms. The monoisotopic (exact) mass is 326 g/mol. The van der Waals surface area contributed by atoms with Gasteiger partial charge in [-0.3, -0.25) is 4.79 Å². The molecule has 0 rings (SSSR count). The Morgan fingerprint density at radius 2 is 1.35 bits per heavy atom. The zero-order valence-electron chi connectivity index (χ0n) is 17.8. The molecule has 1 amide bonds. The molecule has 1 unspecified atom stereocenters. The highest BCUT2D eigenvalue weighted by Crippen LogP contribution is 2.37. The van der Waals surface area contributed by atoms with Crippen LogP contribution in [0.4, 0.5) is 0 Å². The summed E-state index contributed by atoms with van der Waals surface area (Å²) in [6, 6.07) is 0. The summed E-state index contributed by atoms with van der Waals surface area (Å²) in [5.74, 6) is 0.205. The molecule has 0 aromatic carbocycles. The second kappa shape index (κ2) is 7.13. The summed E-state index contributed by atoms with van der Waals surface area (Å²) in [4.78, 5) is 15.2. The Kier molecular flexibility index (Phi) is 6.95. The number of nitrogens with one attached hydrogen (secondary N) is 1. The highest BCUT2D eigenvalue weighted by atomic mass is 16.2. The van der Waals surface area contributed by atoms with Gasteiger partial charge in [0.15, 0.2) is 0 Å². The first-order valence-corrected chi connectivity index (χ1v) is 8.87. The van der Waals surface area contributed by atoms with Gasteiger partial charge in [0.25, 0.3) is 0 Å². The summed E-state index contributed by atoms with van der Waals surface area (Å²) in [7, 11) is 4.19. The fourth-order valence-corrected chi connectivity index (χ4v) is 3.11. The van der Waals surface area contributed by atoms with Gasteiger partial charge in [-0.05, 0) is 65.5 Å². The van der Waals surface area contributed by atoms with Crippen LogP contribution in [0, 0.1) is 16.7 Å². The van der Waals surface area contributed by atoms with E-state index in [0.29, 0.717) is 0 Å². The molecule has 0 heterocycles. The van der Waals surface area contributed by atoms with Gasteiger partial charge in [0.05, 0.1) is 0 Å². The van der Waals surface area contributed by atoms with Gasteiger partial charge in [-0.2, -0.15) is 0 Å². The van der Waals surface area contributed by atoms with Crippen LogP contribution in [0.15, 0.2) is 0 Å². The van der Waals surface area contributed by atoms with Crippen molar-refractivity contribution in [2.75, 3.05) is 14.1 Å². The standard InChI is InChI=1S/C20H42N2O/c1-17(2,3)13-15(18(4,5)6)16(23)21-19(7,8)14-20(9,10)22(11)12/h15H,13-14H2,1-12H3,(H,21,23). The van der Waals surface area contributed by atoms with E-state index in [-0.39, 0.29) is 33.7 Å². The molecule has 0 fully saturated rings. The molecular formula is C20H42N2O. The van der Waals surface area contributed by atoms with E-state index in [1.54, 1.807) is 0 Å². The van der Waals surface area contributed by atoms with Crippen LogP contribution in [-0.4, -0.2) is 36.0 Å². The van der Waals surface area contributed by atoms with Gasteiger partial charge in [-0.25, -0.2) is 0 Å². The topological polar surface area (TPSA) is 32.3 Å². The summed E-state index contributed by atoms with van der Waals surface area (Å²) >= 11 is 0. The van der Waals surface area contributed by atoms with Crippen LogP contribution in [-0.2, 0) is 4.79 Å². The van der Waals surface area contributed by atoms with E-state index in [2.05, 4.69) is 93.5 Å². The number of carbonyl (C=O) groups is 1. The number of rotatable bonds is 6. The molecule has 0 saturated heterocycles. The minimum absolute atomic E-state index is 0.0178.